The summed E-state index contributed by atoms with van der Waals surface area (Å²) in [5.41, 5.74) is 8.40. The standard InChI is InChI=1S/C22H26N6O2/c23-17-4-1-3-16(9-17)21-14-28(26-25-21)12-18-10-15-6-7-27(18)13-20(15)22(29)24-11-19-5-2-8-30-19/h1-5,8-9,14-15,18,20H,6-7,10-13,23H2,(H,24,29)/t15?,18-,20+/m1/s1. The van der Waals surface area contributed by atoms with Crippen molar-refractivity contribution in [2.24, 2.45) is 11.8 Å². The first-order valence-corrected chi connectivity index (χ1v) is 10.5. The van der Waals surface area contributed by atoms with Gasteiger partial charge >= 0.3 is 0 Å². The van der Waals surface area contributed by atoms with Crippen molar-refractivity contribution in [3.63, 3.8) is 0 Å². The minimum absolute atomic E-state index is 0.0450. The van der Waals surface area contributed by atoms with Crippen molar-refractivity contribution in [2.75, 3.05) is 18.8 Å². The maximum Gasteiger partial charge on any atom is 0.225 e. The number of aromatic nitrogens is 3. The lowest BCUT2D eigenvalue weighted by Gasteiger charge is -2.49. The summed E-state index contributed by atoms with van der Waals surface area (Å²) in [5.74, 6) is 1.37. The van der Waals surface area contributed by atoms with E-state index in [1.54, 1.807) is 6.26 Å². The number of nitrogens with one attached hydrogen (secondary N) is 1. The molecule has 1 amide bonds. The van der Waals surface area contributed by atoms with Crippen molar-refractivity contribution in [1.82, 2.24) is 25.2 Å². The molecule has 2 bridgehead atoms. The van der Waals surface area contributed by atoms with Gasteiger partial charge < -0.3 is 15.5 Å². The van der Waals surface area contributed by atoms with Gasteiger partial charge in [0.05, 0.1) is 31.5 Å². The van der Waals surface area contributed by atoms with Gasteiger partial charge in [-0.25, -0.2) is 0 Å². The molecule has 4 atom stereocenters. The number of hydrogen-bond acceptors (Lipinski definition) is 6. The first-order chi connectivity index (χ1) is 14.7. The molecule has 3 aliphatic heterocycles. The van der Waals surface area contributed by atoms with Crippen LogP contribution in [0.5, 0.6) is 0 Å². The fraction of sp³-hybridized carbons (Fsp3) is 0.409. The molecule has 3 saturated heterocycles. The van der Waals surface area contributed by atoms with E-state index in [2.05, 4.69) is 20.5 Å². The zero-order valence-corrected chi connectivity index (χ0v) is 16.8. The molecule has 0 saturated carbocycles. The highest BCUT2D eigenvalue weighted by Crippen LogP contribution is 2.37. The third kappa shape index (κ3) is 3.82. The summed E-state index contributed by atoms with van der Waals surface area (Å²) in [6.45, 7) is 3.07. The maximum atomic E-state index is 12.7. The van der Waals surface area contributed by atoms with Crippen LogP contribution >= 0.6 is 0 Å². The van der Waals surface area contributed by atoms with E-state index in [9.17, 15) is 4.79 Å². The first-order valence-electron chi connectivity index (χ1n) is 10.5. The Kier molecular flexibility index (Phi) is 5.00. The van der Waals surface area contributed by atoms with Crippen LogP contribution in [0.15, 0.2) is 53.3 Å². The summed E-state index contributed by atoms with van der Waals surface area (Å²) < 4.78 is 7.22. The summed E-state index contributed by atoms with van der Waals surface area (Å²) in [4.78, 5) is 15.1. The molecule has 0 spiro atoms. The van der Waals surface area contributed by atoms with Crippen LogP contribution in [-0.2, 0) is 17.9 Å². The molecule has 30 heavy (non-hydrogen) atoms. The fourth-order valence-electron chi connectivity index (χ4n) is 4.78. The van der Waals surface area contributed by atoms with Gasteiger partial charge in [-0.15, -0.1) is 5.10 Å². The number of fused-ring (bicyclic) bond motifs is 3. The summed E-state index contributed by atoms with van der Waals surface area (Å²) in [7, 11) is 0. The van der Waals surface area contributed by atoms with Gasteiger partial charge in [0, 0.05) is 23.8 Å². The second kappa shape index (κ2) is 7.95. The topological polar surface area (TPSA) is 102 Å². The van der Waals surface area contributed by atoms with Gasteiger partial charge in [-0.2, -0.15) is 0 Å². The Hall–Kier alpha value is -3.13. The van der Waals surface area contributed by atoms with E-state index >= 15 is 0 Å². The molecule has 8 nitrogen and oxygen atoms in total. The SMILES string of the molecule is Nc1cccc(-c2cn(C[C@H]3CC4CCN3C[C@@H]4C(=O)NCc3ccco3)nn2)c1. The Bertz CT molecular complexity index is 1010. The minimum Gasteiger partial charge on any atom is -0.467 e. The number of nitrogen functional groups attached to an aromatic ring is 1. The molecular weight excluding hydrogens is 380 g/mol. The Balaban J connectivity index is 1.20. The second-order valence-corrected chi connectivity index (χ2v) is 8.29. The van der Waals surface area contributed by atoms with Gasteiger partial charge in [0.1, 0.15) is 11.5 Å². The van der Waals surface area contributed by atoms with Crippen molar-refractivity contribution in [1.29, 1.82) is 0 Å². The molecule has 2 unspecified atom stereocenters. The number of nitrogens with two attached hydrogens (primary N) is 1. The molecule has 156 valence electrons. The molecule has 3 aliphatic rings. The zero-order valence-electron chi connectivity index (χ0n) is 16.8. The Morgan fingerprint density at radius 1 is 1.30 bits per heavy atom. The van der Waals surface area contributed by atoms with Gasteiger partial charge in [-0.05, 0) is 49.6 Å². The van der Waals surface area contributed by atoms with E-state index in [-0.39, 0.29) is 11.8 Å². The van der Waals surface area contributed by atoms with Crippen LogP contribution in [0.25, 0.3) is 11.3 Å². The molecule has 0 aliphatic carbocycles. The predicted molar refractivity (Wildman–Crippen MR) is 112 cm³/mol. The largest absolute Gasteiger partial charge is 0.467 e. The van der Waals surface area contributed by atoms with Crippen LogP contribution in [0.3, 0.4) is 0 Å². The minimum atomic E-state index is 0.0450. The first kappa shape index (κ1) is 18.9. The molecule has 3 N–H and O–H groups in total. The van der Waals surface area contributed by atoms with E-state index < -0.39 is 0 Å². The van der Waals surface area contributed by atoms with Gasteiger partial charge in [-0.1, -0.05) is 17.3 Å². The van der Waals surface area contributed by atoms with E-state index in [1.165, 1.54) is 0 Å². The highest BCUT2D eigenvalue weighted by molar-refractivity contribution is 5.79. The maximum absolute atomic E-state index is 12.7. The molecule has 3 aromatic rings. The molecule has 1 aromatic carbocycles. The van der Waals surface area contributed by atoms with Gasteiger partial charge in [0.25, 0.3) is 0 Å². The number of carbonyl (C=O) groups excluding carboxylic acids is 1. The highest BCUT2D eigenvalue weighted by atomic mass is 16.3. The monoisotopic (exact) mass is 406 g/mol. The molecule has 2 aromatic heterocycles. The second-order valence-electron chi connectivity index (χ2n) is 8.29. The lowest BCUT2D eigenvalue weighted by Crippen LogP contribution is -2.57. The number of anilines is 1. The Labute approximate surface area is 175 Å². The summed E-state index contributed by atoms with van der Waals surface area (Å²) in [5, 5.41) is 11.7. The summed E-state index contributed by atoms with van der Waals surface area (Å²) in [6, 6.07) is 11.8. The van der Waals surface area contributed by atoms with E-state index in [1.807, 2.05) is 47.3 Å². The van der Waals surface area contributed by atoms with Crippen LogP contribution < -0.4 is 11.1 Å². The Morgan fingerprint density at radius 2 is 2.23 bits per heavy atom. The van der Waals surface area contributed by atoms with E-state index in [4.69, 9.17) is 10.2 Å². The van der Waals surface area contributed by atoms with Gasteiger partial charge in [0.2, 0.25) is 5.91 Å². The lowest BCUT2D eigenvalue weighted by molar-refractivity contribution is -0.133. The average Bonchev–Trinajstić information content (AvgIpc) is 3.45. The lowest BCUT2D eigenvalue weighted by atomic mass is 9.75. The third-order valence-electron chi connectivity index (χ3n) is 6.35. The van der Waals surface area contributed by atoms with Crippen LogP contribution in [-0.4, -0.2) is 44.9 Å². The average molecular weight is 406 g/mol. The van der Waals surface area contributed by atoms with Gasteiger partial charge in [-0.3, -0.25) is 14.4 Å². The van der Waals surface area contributed by atoms with E-state index in [0.717, 1.165) is 49.5 Å². The molecular formula is C22H26N6O2. The number of furan rings is 1. The number of benzene rings is 1. The summed E-state index contributed by atoms with van der Waals surface area (Å²) >= 11 is 0. The zero-order chi connectivity index (χ0) is 20.5. The number of nitrogens with zero attached hydrogens (tertiary/aromatic N) is 4. The number of piperidine rings is 3. The van der Waals surface area contributed by atoms with Crippen LogP contribution in [0.1, 0.15) is 18.6 Å². The molecule has 8 heteroatoms. The van der Waals surface area contributed by atoms with Crippen LogP contribution in [0.2, 0.25) is 0 Å². The van der Waals surface area contributed by atoms with Crippen molar-refractivity contribution in [2.45, 2.75) is 32.0 Å². The Morgan fingerprint density at radius 3 is 3.00 bits per heavy atom. The normalized spacial score (nSPS) is 25.3. The van der Waals surface area contributed by atoms with E-state index in [0.29, 0.717) is 24.2 Å². The molecule has 3 fully saturated rings. The molecule has 6 rings (SSSR count). The quantitative estimate of drug-likeness (QED) is 0.608. The number of amides is 1. The number of hydrogen-bond donors (Lipinski definition) is 2. The summed E-state index contributed by atoms with van der Waals surface area (Å²) in [6.07, 6.45) is 5.68. The number of carbonyl (C=O) groups is 1. The molecule has 0 radical (unpaired) electrons. The number of rotatable bonds is 6. The van der Waals surface area contributed by atoms with Gasteiger partial charge in [0.15, 0.2) is 0 Å². The van der Waals surface area contributed by atoms with Crippen molar-refractivity contribution in [3.8, 4) is 11.3 Å². The van der Waals surface area contributed by atoms with Crippen molar-refractivity contribution >= 4 is 11.6 Å². The van der Waals surface area contributed by atoms with Crippen molar-refractivity contribution < 1.29 is 9.21 Å². The van der Waals surface area contributed by atoms with Crippen LogP contribution in [0, 0.1) is 11.8 Å². The van der Waals surface area contributed by atoms with Crippen LogP contribution in [0.4, 0.5) is 5.69 Å². The predicted octanol–water partition coefficient (Wildman–Crippen LogP) is 2.15. The smallest absolute Gasteiger partial charge is 0.225 e. The molecule has 5 heterocycles. The fourth-order valence-corrected chi connectivity index (χ4v) is 4.78. The van der Waals surface area contributed by atoms with Crippen molar-refractivity contribution in [3.05, 3.63) is 54.6 Å². The highest BCUT2D eigenvalue weighted by Gasteiger charge is 2.43. The third-order valence-corrected chi connectivity index (χ3v) is 6.35.